The van der Waals surface area contributed by atoms with Gasteiger partial charge in [0.15, 0.2) is 5.13 Å². The standard InChI is InChI=1S/C9H13N3OS/c13-8(7-2-1-3-10-6-7)12-9-11-4-5-14-9/h4-5,7,10H,1-3,6H2,(H,11,12,13)/t7-/m1/s1. The Morgan fingerprint density at radius 3 is 3.29 bits per heavy atom. The van der Waals surface area contributed by atoms with Gasteiger partial charge in [0.05, 0.1) is 5.92 Å². The number of aromatic nitrogens is 1. The number of nitrogens with one attached hydrogen (secondary N) is 2. The number of rotatable bonds is 2. The van der Waals surface area contributed by atoms with Crippen LogP contribution in [0.15, 0.2) is 11.6 Å². The van der Waals surface area contributed by atoms with Crippen molar-refractivity contribution >= 4 is 22.4 Å². The van der Waals surface area contributed by atoms with E-state index in [1.165, 1.54) is 11.3 Å². The van der Waals surface area contributed by atoms with Crippen LogP contribution in [0.5, 0.6) is 0 Å². The van der Waals surface area contributed by atoms with E-state index in [0.29, 0.717) is 5.13 Å². The Morgan fingerprint density at radius 1 is 1.71 bits per heavy atom. The highest BCUT2D eigenvalue weighted by atomic mass is 32.1. The van der Waals surface area contributed by atoms with Crippen LogP contribution in [0.3, 0.4) is 0 Å². The van der Waals surface area contributed by atoms with Gasteiger partial charge >= 0.3 is 0 Å². The summed E-state index contributed by atoms with van der Waals surface area (Å²) in [5.74, 6) is 0.194. The molecule has 0 aliphatic carbocycles. The zero-order valence-corrected chi connectivity index (χ0v) is 8.64. The Morgan fingerprint density at radius 2 is 2.64 bits per heavy atom. The molecule has 0 radical (unpaired) electrons. The van der Waals surface area contributed by atoms with E-state index in [0.717, 1.165) is 25.9 Å². The molecule has 4 nitrogen and oxygen atoms in total. The minimum atomic E-state index is 0.0900. The fourth-order valence-corrected chi connectivity index (χ4v) is 2.10. The van der Waals surface area contributed by atoms with Crippen LogP contribution in [0.1, 0.15) is 12.8 Å². The molecule has 1 amide bonds. The second kappa shape index (κ2) is 4.52. The lowest BCUT2D eigenvalue weighted by Gasteiger charge is -2.21. The van der Waals surface area contributed by atoms with Crippen molar-refractivity contribution in [3.05, 3.63) is 11.6 Å². The van der Waals surface area contributed by atoms with Crippen molar-refractivity contribution in [2.24, 2.45) is 5.92 Å². The van der Waals surface area contributed by atoms with Crippen molar-refractivity contribution in [2.45, 2.75) is 12.8 Å². The lowest BCUT2D eigenvalue weighted by molar-refractivity contribution is -0.120. The van der Waals surface area contributed by atoms with E-state index in [2.05, 4.69) is 15.6 Å². The van der Waals surface area contributed by atoms with Crippen LogP contribution in [0.4, 0.5) is 5.13 Å². The van der Waals surface area contributed by atoms with Crippen LogP contribution in [-0.2, 0) is 4.79 Å². The van der Waals surface area contributed by atoms with Crippen LogP contribution < -0.4 is 10.6 Å². The van der Waals surface area contributed by atoms with E-state index >= 15 is 0 Å². The molecular weight excluding hydrogens is 198 g/mol. The number of amides is 1. The summed E-state index contributed by atoms with van der Waals surface area (Å²) >= 11 is 1.45. The maximum absolute atomic E-state index is 11.7. The third-order valence-corrected chi connectivity index (χ3v) is 3.02. The van der Waals surface area contributed by atoms with Crippen LogP contribution in [-0.4, -0.2) is 24.0 Å². The Labute approximate surface area is 86.7 Å². The SMILES string of the molecule is O=C(Nc1nccs1)[C@@H]1CCCNC1. The summed E-state index contributed by atoms with van der Waals surface area (Å²) in [5.41, 5.74) is 0. The molecule has 1 aliphatic rings. The minimum Gasteiger partial charge on any atom is -0.316 e. The first-order chi connectivity index (χ1) is 6.86. The second-order valence-corrected chi connectivity index (χ2v) is 4.26. The lowest BCUT2D eigenvalue weighted by Crippen LogP contribution is -2.37. The fraction of sp³-hybridized carbons (Fsp3) is 0.556. The van der Waals surface area contributed by atoms with Crippen LogP contribution in [0.2, 0.25) is 0 Å². The van der Waals surface area contributed by atoms with Crippen LogP contribution in [0, 0.1) is 5.92 Å². The van der Waals surface area contributed by atoms with Crippen molar-refractivity contribution in [3.8, 4) is 0 Å². The molecule has 1 saturated heterocycles. The van der Waals surface area contributed by atoms with Gasteiger partial charge in [0.25, 0.3) is 0 Å². The predicted octanol–water partition coefficient (Wildman–Crippen LogP) is 1.08. The van der Waals surface area contributed by atoms with Gasteiger partial charge in [-0.2, -0.15) is 0 Å². The molecule has 2 heterocycles. The summed E-state index contributed by atoms with van der Waals surface area (Å²) in [6.07, 6.45) is 3.75. The Hall–Kier alpha value is -0.940. The molecule has 0 aromatic carbocycles. The third-order valence-electron chi connectivity index (χ3n) is 2.33. The monoisotopic (exact) mass is 211 g/mol. The molecule has 1 fully saturated rings. The molecule has 0 bridgehead atoms. The number of carbonyl (C=O) groups excluding carboxylic acids is 1. The second-order valence-electron chi connectivity index (χ2n) is 3.37. The Kier molecular flexibility index (Phi) is 3.10. The molecule has 1 aromatic heterocycles. The molecule has 2 rings (SSSR count). The van der Waals surface area contributed by atoms with Gasteiger partial charge in [0.2, 0.25) is 5.91 Å². The zero-order valence-electron chi connectivity index (χ0n) is 7.82. The van der Waals surface area contributed by atoms with E-state index < -0.39 is 0 Å². The van der Waals surface area contributed by atoms with Gasteiger partial charge in [-0.05, 0) is 19.4 Å². The third kappa shape index (κ3) is 2.30. The van der Waals surface area contributed by atoms with Crippen molar-refractivity contribution in [1.29, 1.82) is 0 Å². The van der Waals surface area contributed by atoms with Gasteiger partial charge in [-0.25, -0.2) is 4.98 Å². The maximum atomic E-state index is 11.7. The number of nitrogens with zero attached hydrogens (tertiary/aromatic N) is 1. The molecule has 0 spiro atoms. The highest BCUT2D eigenvalue weighted by Crippen LogP contribution is 2.15. The fourth-order valence-electron chi connectivity index (χ4n) is 1.57. The first-order valence-corrected chi connectivity index (χ1v) is 5.65. The summed E-state index contributed by atoms with van der Waals surface area (Å²) < 4.78 is 0. The number of carbonyl (C=O) groups is 1. The molecule has 1 aromatic rings. The summed E-state index contributed by atoms with van der Waals surface area (Å²) in [6, 6.07) is 0. The number of anilines is 1. The number of hydrogen-bond donors (Lipinski definition) is 2. The highest BCUT2D eigenvalue weighted by molar-refractivity contribution is 7.13. The normalized spacial score (nSPS) is 21.9. The van der Waals surface area contributed by atoms with Gasteiger partial charge in [-0.15, -0.1) is 11.3 Å². The Balaban J connectivity index is 1.88. The molecule has 0 unspecified atom stereocenters. The van der Waals surface area contributed by atoms with E-state index in [4.69, 9.17) is 0 Å². The summed E-state index contributed by atoms with van der Waals surface area (Å²) in [7, 11) is 0. The highest BCUT2D eigenvalue weighted by Gasteiger charge is 2.21. The molecular formula is C9H13N3OS. The Bertz CT molecular complexity index is 293. The number of hydrogen-bond acceptors (Lipinski definition) is 4. The van der Waals surface area contributed by atoms with E-state index in [1.54, 1.807) is 6.20 Å². The summed E-state index contributed by atoms with van der Waals surface area (Å²) in [4.78, 5) is 15.7. The van der Waals surface area contributed by atoms with Gasteiger partial charge in [-0.3, -0.25) is 4.79 Å². The van der Waals surface area contributed by atoms with E-state index in [1.807, 2.05) is 5.38 Å². The van der Waals surface area contributed by atoms with Crippen LogP contribution >= 0.6 is 11.3 Å². The molecule has 14 heavy (non-hydrogen) atoms. The molecule has 0 saturated carbocycles. The van der Waals surface area contributed by atoms with Crippen molar-refractivity contribution in [1.82, 2.24) is 10.3 Å². The lowest BCUT2D eigenvalue weighted by atomic mass is 9.99. The number of piperidine rings is 1. The molecule has 5 heteroatoms. The van der Waals surface area contributed by atoms with Gasteiger partial charge < -0.3 is 10.6 Å². The van der Waals surface area contributed by atoms with Crippen molar-refractivity contribution in [2.75, 3.05) is 18.4 Å². The van der Waals surface area contributed by atoms with Gasteiger partial charge in [0, 0.05) is 18.1 Å². The van der Waals surface area contributed by atoms with Crippen molar-refractivity contribution in [3.63, 3.8) is 0 Å². The first-order valence-electron chi connectivity index (χ1n) is 4.77. The number of thiazole rings is 1. The van der Waals surface area contributed by atoms with E-state index in [9.17, 15) is 4.79 Å². The molecule has 1 atom stereocenters. The molecule has 1 aliphatic heterocycles. The summed E-state index contributed by atoms with van der Waals surface area (Å²) in [5, 5.41) is 8.59. The largest absolute Gasteiger partial charge is 0.316 e. The minimum absolute atomic E-state index is 0.0900. The smallest absolute Gasteiger partial charge is 0.230 e. The summed E-state index contributed by atoms with van der Waals surface area (Å²) in [6.45, 7) is 1.82. The van der Waals surface area contributed by atoms with Gasteiger partial charge in [-0.1, -0.05) is 0 Å². The topological polar surface area (TPSA) is 54.0 Å². The molecule has 76 valence electrons. The quantitative estimate of drug-likeness (QED) is 0.769. The average Bonchev–Trinajstić information content (AvgIpc) is 2.72. The van der Waals surface area contributed by atoms with Crippen molar-refractivity contribution < 1.29 is 4.79 Å². The van der Waals surface area contributed by atoms with Gasteiger partial charge in [0.1, 0.15) is 0 Å². The average molecular weight is 211 g/mol. The zero-order chi connectivity index (χ0) is 9.80. The van der Waals surface area contributed by atoms with E-state index in [-0.39, 0.29) is 11.8 Å². The molecule has 2 N–H and O–H groups in total. The first kappa shape index (κ1) is 9.61. The van der Waals surface area contributed by atoms with Crippen LogP contribution in [0.25, 0.3) is 0 Å². The maximum Gasteiger partial charge on any atom is 0.230 e. The predicted molar refractivity (Wildman–Crippen MR) is 56.3 cm³/mol.